The van der Waals surface area contributed by atoms with Crippen molar-refractivity contribution in [3.63, 3.8) is 0 Å². The average Bonchev–Trinajstić information content (AvgIpc) is 3.17. The van der Waals surface area contributed by atoms with Crippen molar-refractivity contribution in [2.24, 2.45) is 0 Å². The van der Waals surface area contributed by atoms with Crippen molar-refractivity contribution in [1.29, 1.82) is 0 Å². The minimum Gasteiger partial charge on any atom is -0.363 e. The number of rotatable bonds is 6. The topological polar surface area (TPSA) is 49.8 Å². The number of thiophene rings is 1. The predicted molar refractivity (Wildman–Crippen MR) is 119 cm³/mol. The quantitative estimate of drug-likeness (QED) is 0.470. The number of fused-ring (bicyclic) bond motifs is 1. The summed E-state index contributed by atoms with van der Waals surface area (Å²) in [6.07, 6.45) is 0. The van der Waals surface area contributed by atoms with E-state index in [4.69, 9.17) is 0 Å². The van der Waals surface area contributed by atoms with Gasteiger partial charge in [-0.3, -0.25) is 0 Å². The van der Waals surface area contributed by atoms with E-state index in [0.717, 1.165) is 35.4 Å². The zero-order valence-electron chi connectivity index (χ0n) is 16.4. The van der Waals surface area contributed by atoms with Gasteiger partial charge in [0.2, 0.25) is 0 Å². The highest BCUT2D eigenvalue weighted by molar-refractivity contribution is 7.15. The second kappa shape index (κ2) is 8.09. The number of benzene rings is 2. The first-order valence-electron chi connectivity index (χ1n) is 9.45. The molecule has 0 saturated carbocycles. The number of aryl methyl sites for hydroxylation is 2. The molecule has 4 nitrogen and oxygen atoms in total. The maximum absolute atomic E-state index is 4.40. The molecule has 0 saturated heterocycles. The molecule has 142 valence electrons. The van der Waals surface area contributed by atoms with Gasteiger partial charge in [-0.1, -0.05) is 42.0 Å². The van der Waals surface area contributed by atoms with Gasteiger partial charge in [0, 0.05) is 27.1 Å². The molecule has 4 rings (SSSR count). The van der Waals surface area contributed by atoms with Gasteiger partial charge in [-0.2, -0.15) is 5.10 Å². The number of hydrogen-bond acceptors (Lipinski definition) is 5. The molecule has 2 N–H and O–H groups in total. The number of nitrogens with one attached hydrogen (secondary N) is 2. The van der Waals surface area contributed by atoms with Crippen LogP contribution in [0.4, 0.5) is 5.82 Å². The van der Waals surface area contributed by atoms with E-state index in [2.05, 4.69) is 82.4 Å². The molecule has 0 fully saturated rings. The van der Waals surface area contributed by atoms with Crippen LogP contribution in [0.3, 0.4) is 0 Å². The van der Waals surface area contributed by atoms with E-state index in [1.165, 1.54) is 26.4 Å². The summed E-state index contributed by atoms with van der Waals surface area (Å²) in [5.41, 5.74) is 4.80. The van der Waals surface area contributed by atoms with Gasteiger partial charge in [0.05, 0.1) is 12.2 Å². The van der Waals surface area contributed by atoms with Crippen molar-refractivity contribution in [3.05, 3.63) is 76.3 Å². The Kier molecular flexibility index (Phi) is 5.37. The Bertz CT molecular complexity index is 1120. The van der Waals surface area contributed by atoms with E-state index in [1.54, 1.807) is 0 Å². The third-order valence-electron chi connectivity index (χ3n) is 4.86. The first-order chi connectivity index (χ1) is 13.7. The summed E-state index contributed by atoms with van der Waals surface area (Å²) in [4.78, 5) is 2.57. The lowest BCUT2D eigenvalue weighted by atomic mass is 10.1. The Hall–Kier alpha value is -2.76. The first kappa shape index (κ1) is 18.6. The molecule has 2 aromatic carbocycles. The summed E-state index contributed by atoms with van der Waals surface area (Å²) in [6, 6.07) is 19.4. The van der Waals surface area contributed by atoms with Crippen LogP contribution < -0.4 is 10.6 Å². The van der Waals surface area contributed by atoms with Crippen molar-refractivity contribution >= 4 is 27.9 Å². The number of anilines is 1. The summed E-state index contributed by atoms with van der Waals surface area (Å²) in [5.74, 6) is 0.842. The maximum atomic E-state index is 4.40. The fourth-order valence-electron chi connectivity index (χ4n) is 3.43. The first-order valence-corrected chi connectivity index (χ1v) is 10.3. The Morgan fingerprint density at radius 1 is 0.893 bits per heavy atom. The highest BCUT2D eigenvalue weighted by Gasteiger charge is 2.10. The molecule has 0 amide bonds. The highest BCUT2D eigenvalue weighted by Crippen LogP contribution is 2.31. The van der Waals surface area contributed by atoms with Crippen molar-refractivity contribution < 1.29 is 0 Å². The second-order valence-electron chi connectivity index (χ2n) is 6.99. The van der Waals surface area contributed by atoms with Crippen LogP contribution >= 0.6 is 11.3 Å². The van der Waals surface area contributed by atoms with Crippen LogP contribution in [0.5, 0.6) is 0 Å². The minimum absolute atomic E-state index is 0.736. The largest absolute Gasteiger partial charge is 0.363 e. The molecule has 0 unspecified atom stereocenters. The van der Waals surface area contributed by atoms with E-state index >= 15 is 0 Å². The van der Waals surface area contributed by atoms with Crippen molar-refractivity contribution in [3.8, 4) is 10.4 Å². The Labute approximate surface area is 169 Å². The third kappa shape index (κ3) is 3.77. The molecule has 0 radical (unpaired) electrons. The lowest BCUT2D eigenvalue weighted by molar-refractivity contribution is 0.820. The molecule has 28 heavy (non-hydrogen) atoms. The highest BCUT2D eigenvalue weighted by atomic mass is 32.1. The van der Waals surface area contributed by atoms with E-state index in [-0.39, 0.29) is 0 Å². The van der Waals surface area contributed by atoms with Crippen molar-refractivity contribution in [2.75, 3.05) is 12.4 Å². The van der Waals surface area contributed by atoms with Crippen molar-refractivity contribution in [2.45, 2.75) is 26.9 Å². The van der Waals surface area contributed by atoms with Gasteiger partial charge in [0.25, 0.3) is 0 Å². The van der Waals surface area contributed by atoms with Gasteiger partial charge >= 0.3 is 0 Å². The molecule has 0 bridgehead atoms. The lowest BCUT2D eigenvalue weighted by Crippen LogP contribution is -2.05. The van der Waals surface area contributed by atoms with Gasteiger partial charge in [0.15, 0.2) is 5.82 Å². The molecule has 0 aliphatic heterocycles. The summed E-state index contributed by atoms with van der Waals surface area (Å²) in [5, 5.41) is 17.7. The van der Waals surface area contributed by atoms with E-state index in [0.29, 0.717) is 0 Å². The average molecular weight is 389 g/mol. The normalized spacial score (nSPS) is 11.1. The standard InChI is InChI=1S/C23H24N4S/c1-15-8-10-19-16(2)26-27-23(21(19)12-15)25-14-18-9-11-22(28-18)20-7-5-4-6-17(20)13-24-3/h4-12,24H,13-14H2,1-3H3,(H,25,27). The van der Waals surface area contributed by atoms with Crippen LogP contribution in [-0.2, 0) is 13.1 Å². The van der Waals surface area contributed by atoms with E-state index in [1.807, 2.05) is 25.3 Å². The van der Waals surface area contributed by atoms with Crippen LogP contribution in [0.1, 0.15) is 21.7 Å². The van der Waals surface area contributed by atoms with Crippen LogP contribution in [0.25, 0.3) is 21.2 Å². The van der Waals surface area contributed by atoms with Gasteiger partial charge < -0.3 is 10.6 Å². The van der Waals surface area contributed by atoms with Crippen LogP contribution in [0.2, 0.25) is 0 Å². The molecule has 0 spiro atoms. The maximum Gasteiger partial charge on any atom is 0.156 e. The SMILES string of the molecule is CNCc1ccccc1-c1ccc(CNc2nnc(C)c3ccc(C)cc23)s1. The van der Waals surface area contributed by atoms with Gasteiger partial charge in [0.1, 0.15) is 0 Å². The lowest BCUT2D eigenvalue weighted by Gasteiger charge is -2.09. The monoisotopic (exact) mass is 388 g/mol. The van der Waals surface area contributed by atoms with Crippen LogP contribution in [-0.4, -0.2) is 17.2 Å². The van der Waals surface area contributed by atoms with Gasteiger partial charge in [-0.05, 0) is 50.2 Å². The molecule has 2 aromatic heterocycles. The summed E-state index contributed by atoms with van der Waals surface area (Å²) < 4.78 is 0. The molecular formula is C23H24N4S. The third-order valence-corrected chi connectivity index (χ3v) is 5.98. The Balaban J connectivity index is 1.57. The predicted octanol–water partition coefficient (Wildman–Crippen LogP) is 5.31. The number of hydrogen-bond donors (Lipinski definition) is 2. The van der Waals surface area contributed by atoms with Crippen LogP contribution in [0, 0.1) is 13.8 Å². The molecule has 0 atom stereocenters. The van der Waals surface area contributed by atoms with Gasteiger partial charge in [-0.25, -0.2) is 0 Å². The smallest absolute Gasteiger partial charge is 0.156 e. The fourth-order valence-corrected chi connectivity index (χ4v) is 4.43. The second-order valence-corrected chi connectivity index (χ2v) is 8.16. The minimum atomic E-state index is 0.736. The summed E-state index contributed by atoms with van der Waals surface area (Å²) in [7, 11) is 1.98. The van der Waals surface area contributed by atoms with E-state index < -0.39 is 0 Å². The molecule has 4 aromatic rings. The zero-order chi connectivity index (χ0) is 19.5. The zero-order valence-corrected chi connectivity index (χ0v) is 17.2. The van der Waals surface area contributed by atoms with Crippen LogP contribution in [0.15, 0.2) is 54.6 Å². The molecule has 0 aliphatic carbocycles. The molecule has 0 aliphatic rings. The van der Waals surface area contributed by atoms with Crippen molar-refractivity contribution in [1.82, 2.24) is 15.5 Å². The molecule has 5 heteroatoms. The number of aromatic nitrogens is 2. The Morgan fingerprint density at radius 2 is 1.75 bits per heavy atom. The van der Waals surface area contributed by atoms with E-state index in [9.17, 15) is 0 Å². The summed E-state index contributed by atoms with van der Waals surface area (Å²) >= 11 is 1.82. The summed E-state index contributed by atoms with van der Waals surface area (Å²) in [6.45, 7) is 5.71. The Morgan fingerprint density at radius 3 is 2.61 bits per heavy atom. The fraction of sp³-hybridized carbons (Fsp3) is 0.217. The number of nitrogens with zero attached hydrogens (tertiary/aromatic N) is 2. The molecular weight excluding hydrogens is 364 g/mol. The van der Waals surface area contributed by atoms with Gasteiger partial charge in [-0.15, -0.1) is 16.4 Å². The molecule has 2 heterocycles.